The zero-order valence-electron chi connectivity index (χ0n) is 8.95. The van der Waals surface area contributed by atoms with Crippen molar-refractivity contribution < 1.29 is 4.74 Å². The molecule has 0 aromatic heterocycles. The molecule has 0 saturated carbocycles. The Morgan fingerprint density at radius 3 is 3.20 bits per heavy atom. The molecule has 0 spiro atoms. The van der Waals surface area contributed by atoms with Gasteiger partial charge in [0.2, 0.25) is 0 Å². The summed E-state index contributed by atoms with van der Waals surface area (Å²) in [5.74, 6) is 3.39. The summed E-state index contributed by atoms with van der Waals surface area (Å²) in [6.07, 6.45) is 6.96. The van der Waals surface area contributed by atoms with Crippen LogP contribution in [0.25, 0.3) is 0 Å². The third-order valence-corrected chi connectivity index (χ3v) is 3.11. The van der Waals surface area contributed by atoms with Gasteiger partial charge >= 0.3 is 0 Å². The third kappa shape index (κ3) is 3.35. The maximum atomic E-state index is 5.81. The molecule has 2 atom stereocenters. The standard InChI is InChI=1S/C11H18N2O.ClH/c1-2-5-13-6-7-14-11-8-12-4-3-10(11)9-13;/h1,10-12H,3-9H2;1H/t10-,11-;/m0./s1. The van der Waals surface area contributed by atoms with Crippen molar-refractivity contribution in [2.45, 2.75) is 12.5 Å². The topological polar surface area (TPSA) is 24.5 Å². The molecule has 0 radical (unpaired) electrons. The maximum Gasteiger partial charge on any atom is 0.0740 e. The molecule has 0 aromatic rings. The van der Waals surface area contributed by atoms with Crippen LogP contribution in [0.15, 0.2) is 0 Å². The number of rotatable bonds is 1. The first-order valence-electron chi connectivity index (χ1n) is 5.38. The highest BCUT2D eigenvalue weighted by atomic mass is 35.5. The van der Waals surface area contributed by atoms with E-state index in [-0.39, 0.29) is 12.4 Å². The number of terminal acetylenes is 1. The molecule has 2 heterocycles. The van der Waals surface area contributed by atoms with E-state index in [2.05, 4.69) is 16.1 Å². The minimum absolute atomic E-state index is 0. The lowest BCUT2D eigenvalue weighted by Gasteiger charge is -2.31. The van der Waals surface area contributed by atoms with Gasteiger partial charge in [-0.15, -0.1) is 18.8 Å². The Labute approximate surface area is 98.0 Å². The highest BCUT2D eigenvalue weighted by Crippen LogP contribution is 2.19. The molecule has 2 saturated heterocycles. The van der Waals surface area contributed by atoms with E-state index < -0.39 is 0 Å². The van der Waals surface area contributed by atoms with Gasteiger partial charge in [0.05, 0.1) is 19.3 Å². The Bertz CT molecular complexity index is 229. The predicted octanol–water partition coefficient (Wildman–Crippen LogP) is 0.352. The van der Waals surface area contributed by atoms with E-state index in [9.17, 15) is 0 Å². The molecule has 0 bridgehead atoms. The number of nitrogens with zero attached hydrogens (tertiary/aromatic N) is 1. The first-order chi connectivity index (χ1) is 6.90. The van der Waals surface area contributed by atoms with Crippen molar-refractivity contribution >= 4 is 12.4 Å². The Balaban J connectivity index is 0.00000112. The van der Waals surface area contributed by atoms with Gasteiger partial charge in [0, 0.05) is 25.6 Å². The SMILES string of the molecule is C#CCN1CCO[C@H]2CNCC[C@H]2C1.Cl. The quantitative estimate of drug-likeness (QED) is 0.658. The van der Waals surface area contributed by atoms with Crippen LogP contribution in [0.2, 0.25) is 0 Å². The smallest absolute Gasteiger partial charge is 0.0740 e. The zero-order valence-corrected chi connectivity index (χ0v) is 9.76. The van der Waals surface area contributed by atoms with E-state index >= 15 is 0 Å². The van der Waals surface area contributed by atoms with Crippen LogP contribution in [0.4, 0.5) is 0 Å². The van der Waals surface area contributed by atoms with Gasteiger partial charge in [-0.25, -0.2) is 0 Å². The van der Waals surface area contributed by atoms with Crippen molar-refractivity contribution in [3.8, 4) is 12.3 Å². The van der Waals surface area contributed by atoms with Crippen molar-refractivity contribution in [2.24, 2.45) is 5.92 Å². The van der Waals surface area contributed by atoms with Gasteiger partial charge in [-0.2, -0.15) is 0 Å². The van der Waals surface area contributed by atoms with Gasteiger partial charge < -0.3 is 10.1 Å². The molecule has 86 valence electrons. The van der Waals surface area contributed by atoms with Gasteiger partial charge in [-0.3, -0.25) is 4.90 Å². The molecule has 0 aliphatic carbocycles. The van der Waals surface area contributed by atoms with Crippen LogP contribution in [0.5, 0.6) is 0 Å². The summed E-state index contributed by atoms with van der Waals surface area (Å²) in [6.45, 7) is 5.81. The first-order valence-corrected chi connectivity index (χ1v) is 5.38. The highest BCUT2D eigenvalue weighted by molar-refractivity contribution is 5.85. The molecule has 2 aliphatic rings. The van der Waals surface area contributed by atoms with Crippen LogP contribution in [0.3, 0.4) is 0 Å². The van der Waals surface area contributed by atoms with Gasteiger partial charge in [-0.1, -0.05) is 5.92 Å². The summed E-state index contributed by atoms with van der Waals surface area (Å²) >= 11 is 0. The zero-order chi connectivity index (χ0) is 9.80. The molecule has 2 aliphatic heterocycles. The number of hydrogen-bond acceptors (Lipinski definition) is 3. The highest BCUT2D eigenvalue weighted by Gasteiger charge is 2.29. The molecule has 0 unspecified atom stereocenters. The second-order valence-corrected chi connectivity index (χ2v) is 4.10. The largest absolute Gasteiger partial charge is 0.375 e. The summed E-state index contributed by atoms with van der Waals surface area (Å²) in [7, 11) is 0. The Morgan fingerprint density at radius 1 is 1.53 bits per heavy atom. The number of fused-ring (bicyclic) bond motifs is 1. The Kier molecular flexibility index (Phi) is 5.41. The first kappa shape index (κ1) is 12.8. The van der Waals surface area contributed by atoms with E-state index in [1.165, 1.54) is 6.42 Å². The Morgan fingerprint density at radius 2 is 2.40 bits per heavy atom. The van der Waals surface area contributed by atoms with Gasteiger partial charge in [0.15, 0.2) is 0 Å². The Hall–Kier alpha value is -0.270. The number of ether oxygens (including phenoxy) is 1. The number of nitrogens with one attached hydrogen (secondary N) is 1. The number of hydrogen-bond donors (Lipinski definition) is 1. The number of halogens is 1. The van der Waals surface area contributed by atoms with Crippen molar-refractivity contribution in [1.82, 2.24) is 10.2 Å². The van der Waals surface area contributed by atoms with Crippen LogP contribution in [0, 0.1) is 18.3 Å². The summed E-state index contributed by atoms with van der Waals surface area (Å²) < 4.78 is 5.81. The van der Waals surface area contributed by atoms with Crippen LogP contribution in [0.1, 0.15) is 6.42 Å². The monoisotopic (exact) mass is 230 g/mol. The van der Waals surface area contributed by atoms with Crippen LogP contribution < -0.4 is 5.32 Å². The van der Waals surface area contributed by atoms with Crippen molar-refractivity contribution in [3.05, 3.63) is 0 Å². The minimum atomic E-state index is 0. The minimum Gasteiger partial charge on any atom is -0.375 e. The van der Waals surface area contributed by atoms with E-state index in [1.807, 2.05) is 0 Å². The lowest BCUT2D eigenvalue weighted by Crippen LogP contribution is -2.44. The number of piperidine rings is 1. The molecular weight excluding hydrogens is 212 g/mol. The fraction of sp³-hybridized carbons (Fsp3) is 0.818. The third-order valence-electron chi connectivity index (χ3n) is 3.11. The summed E-state index contributed by atoms with van der Waals surface area (Å²) in [5, 5.41) is 3.37. The van der Waals surface area contributed by atoms with E-state index in [0.717, 1.165) is 39.3 Å². The summed E-state index contributed by atoms with van der Waals surface area (Å²) in [5.41, 5.74) is 0. The molecule has 0 aromatic carbocycles. The molecule has 0 amide bonds. The summed E-state index contributed by atoms with van der Waals surface area (Å²) in [6, 6.07) is 0. The van der Waals surface area contributed by atoms with E-state index in [4.69, 9.17) is 11.2 Å². The fourth-order valence-electron chi connectivity index (χ4n) is 2.32. The average Bonchev–Trinajstić information content (AvgIpc) is 2.40. The van der Waals surface area contributed by atoms with Gasteiger partial charge in [0.25, 0.3) is 0 Å². The molecule has 2 rings (SSSR count). The van der Waals surface area contributed by atoms with E-state index in [1.54, 1.807) is 0 Å². The lowest BCUT2D eigenvalue weighted by molar-refractivity contribution is 0.0179. The second-order valence-electron chi connectivity index (χ2n) is 4.10. The molecular formula is C11H19ClN2O. The molecule has 1 N–H and O–H groups in total. The van der Waals surface area contributed by atoms with Gasteiger partial charge in [-0.05, 0) is 13.0 Å². The lowest BCUT2D eigenvalue weighted by atomic mass is 9.95. The second kappa shape index (κ2) is 6.34. The van der Waals surface area contributed by atoms with Crippen molar-refractivity contribution in [2.75, 3.05) is 39.3 Å². The molecule has 3 nitrogen and oxygen atoms in total. The average molecular weight is 231 g/mol. The van der Waals surface area contributed by atoms with Gasteiger partial charge in [0.1, 0.15) is 0 Å². The molecule has 2 fully saturated rings. The summed E-state index contributed by atoms with van der Waals surface area (Å²) in [4.78, 5) is 2.33. The fourth-order valence-corrected chi connectivity index (χ4v) is 2.32. The van der Waals surface area contributed by atoms with Crippen molar-refractivity contribution in [3.63, 3.8) is 0 Å². The van der Waals surface area contributed by atoms with Crippen LogP contribution in [-0.4, -0.2) is 50.3 Å². The molecule has 4 heteroatoms. The van der Waals surface area contributed by atoms with Crippen molar-refractivity contribution in [1.29, 1.82) is 0 Å². The maximum absolute atomic E-state index is 5.81. The normalized spacial score (nSPS) is 31.9. The van der Waals surface area contributed by atoms with Crippen LogP contribution >= 0.6 is 12.4 Å². The van der Waals surface area contributed by atoms with E-state index in [0.29, 0.717) is 12.0 Å². The molecule has 15 heavy (non-hydrogen) atoms. The van der Waals surface area contributed by atoms with Crippen LogP contribution in [-0.2, 0) is 4.74 Å². The predicted molar refractivity (Wildman–Crippen MR) is 63.2 cm³/mol.